The summed E-state index contributed by atoms with van der Waals surface area (Å²) in [5.41, 5.74) is 0. The van der Waals surface area contributed by atoms with Crippen molar-refractivity contribution in [2.75, 3.05) is 13.2 Å². The first-order chi connectivity index (χ1) is 31.8. The minimum Gasteiger partial charge on any atom is -0.462 e. The fraction of sp³-hybridized carbons (Fsp3) is 0.949. The van der Waals surface area contributed by atoms with Crippen LogP contribution < -0.4 is 0 Å². The van der Waals surface area contributed by atoms with Crippen molar-refractivity contribution in [3.05, 3.63) is 0 Å². The second-order valence-corrected chi connectivity index (χ2v) is 21.0. The summed E-state index contributed by atoms with van der Waals surface area (Å²) in [5.74, 6) is 0.896. The normalized spacial score (nSPS) is 12.5. The van der Waals surface area contributed by atoms with Crippen LogP contribution in [-0.4, -0.2) is 37.2 Å². The molecule has 0 aromatic carbocycles. The molecule has 0 bridgehead atoms. The Bertz CT molecular complexity index is 995. The number of hydrogen-bond acceptors (Lipinski definition) is 6. The van der Waals surface area contributed by atoms with Crippen LogP contribution in [0.5, 0.6) is 0 Å². The van der Waals surface area contributed by atoms with E-state index in [0.717, 1.165) is 69.6 Å². The van der Waals surface area contributed by atoms with Gasteiger partial charge in [0.2, 0.25) is 0 Å². The molecular formula is C59H114O6. The maximum absolute atomic E-state index is 12.8. The van der Waals surface area contributed by atoms with Crippen molar-refractivity contribution in [2.45, 2.75) is 336 Å². The lowest BCUT2D eigenvalue weighted by molar-refractivity contribution is -0.167. The molecule has 0 spiro atoms. The number of ether oxygens (including phenoxy) is 3. The second kappa shape index (κ2) is 51.8. The smallest absolute Gasteiger partial charge is 0.306 e. The number of unbranched alkanes of at least 4 members (excludes halogenated alkanes) is 37. The Morgan fingerprint density at radius 2 is 0.585 bits per heavy atom. The van der Waals surface area contributed by atoms with Crippen molar-refractivity contribution in [3.63, 3.8) is 0 Å². The summed E-state index contributed by atoms with van der Waals surface area (Å²) in [6, 6.07) is 0. The predicted molar refractivity (Wildman–Crippen MR) is 280 cm³/mol. The third-order valence-electron chi connectivity index (χ3n) is 13.8. The van der Waals surface area contributed by atoms with Crippen LogP contribution in [0.2, 0.25) is 0 Å². The van der Waals surface area contributed by atoms with E-state index >= 15 is 0 Å². The van der Waals surface area contributed by atoms with Gasteiger partial charge < -0.3 is 14.2 Å². The highest BCUT2D eigenvalue weighted by atomic mass is 16.6. The largest absolute Gasteiger partial charge is 0.462 e. The molecule has 0 rings (SSSR count). The van der Waals surface area contributed by atoms with Gasteiger partial charge in [-0.2, -0.15) is 0 Å². The van der Waals surface area contributed by atoms with Crippen molar-refractivity contribution in [2.24, 2.45) is 11.8 Å². The maximum Gasteiger partial charge on any atom is 0.306 e. The molecule has 386 valence electrons. The Labute approximate surface area is 406 Å². The number of carbonyl (C=O) groups is 3. The molecule has 0 aliphatic heterocycles. The fourth-order valence-corrected chi connectivity index (χ4v) is 9.02. The van der Waals surface area contributed by atoms with Crippen LogP contribution in [0.4, 0.5) is 0 Å². The quantitative estimate of drug-likeness (QED) is 0.0344. The first kappa shape index (κ1) is 63.4. The Hall–Kier alpha value is -1.59. The van der Waals surface area contributed by atoms with E-state index in [1.807, 2.05) is 0 Å². The van der Waals surface area contributed by atoms with Crippen molar-refractivity contribution in [1.82, 2.24) is 0 Å². The van der Waals surface area contributed by atoms with Crippen LogP contribution in [0.25, 0.3) is 0 Å². The minimum absolute atomic E-state index is 0.0627. The van der Waals surface area contributed by atoms with Gasteiger partial charge in [-0.3, -0.25) is 14.4 Å². The number of esters is 3. The number of hydrogen-bond donors (Lipinski definition) is 0. The zero-order valence-electron chi connectivity index (χ0n) is 44.6. The lowest BCUT2D eigenvalue weighted by Gasteiger charge is -2.18. The van der Waals surface area contributed by atoms with Gasteiger partial charge in [-0.05, 0) is 31.1 Å². The van der Waals surface area contributed by atoms with Crippen LogP contribution in [0.3, 0.4) is 0 Å². The Kier molecular flexibility index (Phi) is 50.5. The average molecular weight is 920 g/mol. The van der Waals surface area contributed by atoms with Crippen LogP contribution in [0.1, 0.15) is 330 Å². The molecule has 0 saturated heterocycles. The zero-order valence-corrected chi connectivity index (χ0v) is 44.6. The summed E-state index contributed by atoms with van der Waals surface area (Å²) in [4.78, 5) is 38.1. The van der Waals surface area contributed by atoms with Crippen molar-refractivity contribution >= 4 is 17.9 Å². The Morgan fingerprint density at radius 1 is 0.323 bits per heavy atom. The molecule has 0 amide bonds. The standard InChI is InChI=1S/C59H114O6/c1-6-8-9-10-11-12-22-31-36-41-46-51-59(62)65-56(53-64-58(61)50-45-40-35-30-26-21-23-27-32-37-42-47-54(3)4)52-63-57(60)49-44-39-34-29-25-20-18-16-14-13-15-17-19-24-28-33-38-43-48-55(5)7-2/h54-56H,6-53H2,1-5H3/t55?,56-/m0/s1. The van der Waals surface area contributed by atoms with E-state index in [2.05, 4.69) is 34.6 Å². The van der Waals surface area contributed by atoms with Crippen LogP contribution in [0, 0.1) is 11.8 Å². The number of carbonyl (C=O) groups excluding carboxylic acids is 3. The van der Waals surface area contributed by atoms with Gasteiger partial charge in [-0.15, -0.1) is 0 Å². The first-order valence-electron chi connectivity index (χ1n) is 29.3. The molecule has 0 saturated carbocycles. The molecule has 0 aliphatic rings. The maximum atomic E-state index is 12.8. The van der Waals surface area contributed by atoms with E-state index in [9.17, 15) is 14.4 Å². The van der Waals surface area contributed by atoms with Gasteiger partial charge in [0.05, 0.1) is 0 Å². The van der Waals surface area contributed by atoms with E-state index in [1.165, 1.54) is 218 Å². The van der Waals surface area contributed by atoms with Gasteiger partial charge in [0, 0.05) is 19.3 Å². The summed E-state index contributed by atoms with van der Waals surface area (Å²) in [5, 5.41) is 0. The zero-order chi connectivity index (χ0) is 47.5. The highest BCUT2D eigenvalue weighted by Crippen LogP contribution is 2.19. The van der Waals surface area contributed by atoms with Crippen molar-refractivity contribution in [1.29, 1.82) is 0 Å². The molecule has 0 heterocycles. The lowest BCUT2D eigenvalue weighted by Crippen LogP contribution is -2.30. The third kappa shape index (κ3) is 51.6. The fourth-order valence-electron chi connectivity index (χ4n) is 9.02. The van der Waals surface area contributed by atoms with Crippen LogP contribution in [0.15, 0.2) is 0 Å². The molecule has 0 fully saturated rings. The molecule has 6 heteroatoms. The molecule has 0 aromatic rings. The van der Waals surface area contributed by atoms with Gasteiger partial charge in [0.15, 0.2) is 6.10 Å². The topological polar surface area (TPSA) is 78.9 Å². The molecular weight excluding hydrogens is 805 g/mol. The van der Waals surface area contributed by atoms with E-state index in [0.29, 0.717) is 19.3 Å². The molecule has 6 nitrogen and oxygen atoms in total. The van der Waals surface area contributed by atoms with Crippen LogP contribution >= 0.6 is 0 Å². The molecule has 65 heavy (non-hydrogen) atoms. The van der Waals surface area contributed by atoms with Gasteiger partial charge >= 0.3 is 17.9 Å². The summed E-state index contributed by atoms with van der Waals surface area (Å²) in [6.45, 7) is 11.4. The van der Waals surface area contributed by atoms with Crippen molar-refractivity contribution in [3.8, 4) is 0 Å². The van der Waals surface area contributed by atoms with Crippen LogP contribution in [-0.2, 0) is 28.6 Å². The Balaban J connectivity index is 4.19. The minimum atomic E-state index is -0.762. The monoisotopic (exact) mass is 919 g/mol. The molecule has 0 aliphatic carbocycles. The van der Waals surface area contributed by atoms with E-state index in [-0.39, 0.29) is 31.1 Å². The van der Waals surface area contributed by atoms with Gasteiger partial charge in [-0.1, -0.05) is 291 Å². The van der Waals surface area contributed by atoms with Crippen molar-refractivity contribution < 1.29 is 28.6 Å². The van der Waals surface area contributed by atoms with E-state index in [1.54, 1.807) is 0 Å². The highest BCUT2D eigenvalue weighted by Gasteiger charge is 2.19. The average Bonchev–Trinajstić information content (AvgIpc) is 3.29. The van der Waals surface area contributed by atoms with Gasteiger partial charge in [-0.25, -0.2) is 0 Å². The van der Waals surface area contributed by atoms with E-state index in [4.69, 9.17) is 14.2 Å². The number of rotatable bonds is 53. The molecule has 0 N–H and O–H groups in total. The molecule has 2 atom stereocenters. The summed E-state index contributed by atoms with van der Waals surface area (Å²) in [7, 11) is 0. The summed E-state index contributed by atoms with van der Waals surface area (Å²) < 4.78 is 16.9. The summed E-state index contributed by atoms with van der Waals surface area (Å²) >= 11 is 0. The molecule has 0 radical (unpaired) electrons. The third-order valence-corrected chi connectivity index (χ3v) is 13.8. The second-order valence-electron chi connectivity index (χ2n) is 21.0. The van der Waals surface area contributed by atoms with E-state index < -0.39 is 6.10 Å². The Morgan fingerprint density at radius 3 is 0.877 bits per heavy atom. The summed E-state index contributed by atoms with van der Waals surface area (Å²) in [6.07, 6.45) is 55.2. The van der Waals surface area contributed by atoms with Gasteiger partial charge in [0.1, 0.15) is 13.2 Å². The molecule has 1 unspecified atom stereocenters. The first-order valence-corrected chi connectivity index (χ1v) is 29.3. The lowest BCUT2D eigenvalue weighted by atomic mass is 9.99. The predicted octanol–water partition coefficient (Wildman–Crippen LogP) is 19.3. The molecule has 0 aromatic heterocycles. The van der Waals surface area contributed by atoms with Gasteiger partial charge in [0.25, 0.3) is 0 Å². The highest BCUT2D eigenvalue weighted by molar-refractivity contribution is 5.71. The SMILES string of the molecule is CCCCCCCCCCCCCC(=O)O[C@@H](COC(=O)CCCCCCCCCCCCCCCCCCCCC(C)CC)COC(=O)CCCCCCCCCCCCCC(C)C.